The summed E-state index contributed by atoms with van der Waals surface area (Å²) in [6, 6.07) is 0. The Balaban J connectivity index is 3.60. The average molecular weight is 517 g/mol. The molecule has 0 unspecified atom stereocenters. The number of hydrogen-bond donors (Lipinski definition) is 0. The van der Waals surface area contributed by atoms with Crippen LogP contribution in [0.3, 0.4) is 0 Å². The molecule has 0 saturated carbocycles. The van der Waals surface area contributed by atoms with E-state index in [9.17, 15) is 9.59 Å². The molecule has 0 aromatic carbocycles. The van der Waals surface area contributed by atoms with Crippen molar-refractivity contribution in [3.8, 4) is 48.4 Å². The molecule has 0 amide bonds. The molecular weight excluding hydrogens is 472 g/mol. The summed E-state index contributed by atoms with van der Waals surface area (Å²) in [5.74, 6) is 17.0. The maximum Gasteiger partial charge on any atom is 0.304 e. The van der Waals surface area contributed by atoms with Crippen molar-refractivity contribution in [3.05, 3.63) is 36.5 Å². The van der Waals surface area contributed by atoms with Crippen LogP contribution in [0.15, 0.2) is 36.5 Å². The van der Waals surface area contributed by atoms with Crippen molar-refractivity contribution in [1.29, 1.82) is 0 Å². The summed E-state index contributed by atoms with van der Waals surface area (Å²) in [6.45, 7) is 2.71. The molecule has 38 heavy (non-hydrogen) atoms. The van der Waals surface area contributed by atoms with Crippen molar-refractivity contribution in [2.45, 2.75) is 116 Å². The van der Waals surface area contributed by atoms with E-state index in [1.54, 1.807) is 12.2 Å². The maximum atomic E-state index is 10.9. The van der Waals surface area contributed by atoms with Crippen molar-refractivity contribution < 1.29 is 19.1 Å². The zero-order valence-corrected chi connectivity index (χ0v) is 23.3. The number of hydrogen-bond acceptors (Lipinski definition) is 4. The highest BCUT2D eigenvalue weighted by Crippen LogP contribution is 2.07. The highest BCUT2D eigenvalue weighted by atomic mass is 16.5. The topological polar surface area (TPSA) is 52.6 Å². The van der Waals surface area contributed by atoms with Crippen molar-refractivity contribution in [3.63, 3.8) is 0 Å². The Bertz CT molecular complexity index is 869. The molecule has 4 nitrogen and oxygen atoms in total. The summed E-state index contributed by atoms with van der Waals surface area (Å²) in [7, 11) is 0. The monoisotopic (exact) mass is 516 g/mol. The lowest BCUT2D eigenvalue weighted by atomic mass is 10.1. The first-order valence-electron chi connectivity index (χ1n) is 13.7. The fourth-order valence-electron chi connectivity index (χ4n) is 3.32. The first-order chi connectivity index (χ1) is 18.5. The van der Waals surface area contributed by atoms with E-state index in [1.807, 2.05) is 12.2 Å². The lowest BCUT2D eigenvalue weighted by Gasteiger charge is -2.04. The summed E-state index contributed by atoms with van der Waals surface area (Å²) in [6.07, 6.45) is 35.6. The number of rotatable bonds is 18. The van der Waals surface area contributed by atoms with Crippen LogP contribution in [-0.2, 0) is 19.1 Å². The van der Waals surface area contributed by atoms with Crippen molar-refractivity contribution in [1.82, 2.24) is 0 Å². The van der Waals surface area contributed by atoms with E-state index in [0.717, 1.165) is 89.9 Å². The SMILES string of the molecule is C#C[C@H](/C=C/CCCCCCC#CC/C=C\CC#CCCCCCC/C=C/[C@@H](C#C)OC(C)=O)OC(C)=O. The number of terminal acetylenes is 2. The van der Waals surface area contributed by atoms with Gasteiger partial charge in [0.15, 0.2) is 12.2 Å². The first-order valence-corrected chi connectivity index (χ1v) is 13.7. The van der Waals surface area contributed by atoms with Gasteiger partial charge in [0.1, 0.15) is 0 Å². The molecule has 4 heteroatoms. The predicted molar refractivity (Wildman–Crippen MR) is 156 cm³/mol. The van der Waals surface area contributed by atoms with Crippen LogP contribution < -0.4 is 0 Å². The van der Waals surface area contributed by atoms with Gasteiger partial charge in [-0.05, 0) is 50.7 Å². The Kier molecular flexibility index (Phi) is 24.0. The molecular formula is C34H44O4. The zero-order chi connectivity index (χ0) is 28.1. The summed E-state index contributed by atoms with van der Waals surface area (Å²) >= 11 is 0. The Morgan fingerprint density at radius 1 is 0.605 bits per heavy atom. The summed E-state index contributed by atoms with van der Waals surface area (Å²) in [4.78, 5) is 21.8. The summed E-state index contributed by atoms with van der Waals surface area (Å²) in [5, 5.41) is 0. The Morgan fingerprint density at radius 2 is 1.00 bits per heavy atom. The van der Waals surface area contributed by atoms with E-state index < -0.39 is 12.2 Å². The van der Waals surface area contributed by atoms with Gasteiger partial charge in [-0.15, -0.1) is 24.7 Å². The Morgan fingerprint density at radius 3 is 1.37 bits per heavy atom. The first kappa shape index (κ1) is 34.4. The van der Waals surface area contributed by atoms with Crippen molar-refractivity contribution in [2.24, 2.45) is 0 Å². The zero-order valence-electron chi connectivity index (χ0n) is 23.3. The minimum absolute atomic E-state index is 0.362. The van der Waals surface area contributed by atoms with E-state index in [2.05, 4.69) is 47.7 Å². The minimum atomic E-state index is -0.559. The number of ether oxygens (including phenoxy) is 2. The van der Waals surface area contributed by atoms with Gasteiger partial charge in [0.05, 0.1) is 0 Å². The fraction of sp³-hybridized carbons (Fsp3) is 0.529. The molecule has 0 aliphatic rings. The van der Waals surface area contributed by atoms with E-state index >= 15 is 0 Å². The highest BCUT2D eigenvalue weighted by Gasteiger charge is 2.03. The highest BCUT2D eigenvalue weighted by molar-refractivity contribution is 5.67. The third-order valence-corrected chi connectivity index (χ3v) is 5.24. The molecule has 0 rings (SSSR count). The van der Waals surface area contributed by atoms with Gasteiger partial charge >= 0.3 is 11.9 Å². The number of unbranched alkanes of at least 4 members (excludes halogenated alkanes) is 10. The van der Waals surface area contributed by atoms with Gasteiger partial charge in [-0.2, -0.15) is 0 Å². The number of carbonyl (C=O) groups excluding carboxylic acids is 2. The molecule has 0 spiro atoms. The molecule has 0 saturated heterocycles. The maximum absolute atomic E-state index is 10.9. The summed E-state index contributed by atoms with van der Waals surface area (Å²) in [5.41, 5.74) is 0. The standard InChI is InChI=1S/C34H44O4/c1-5-33(37-31(3)35)29-27-25-23-21-19-17-15-13-11-9-7-8-10-12-14-16-18-20-22-24-26-28-30-34(6-2)38-32(4)36/h1-2,7-8,27-30,33-34H,9-10,15-26H2,3-4H3/b8-7-,29-27+,30-28+/t33-,34-/m1/s1. The van der Waals surface area contributed by atoms with Crippen LogP contribution in [0.5, 0.6) is 0 Å². The second-order valence-corrected chi connectivity index (χ2v) is 8.74. The van der Waals surface area contributed by atoms with Crippen LogP contribution in [-0.4, -0.2) is 24.1 Å². The Labute approximate surface area is 231 Å². The lowest BCUT2D eigenvalue weighted by molar-refractivity contribution is -0.143. The smallest absolute Gasteiger partial charge is 0.304 e. The molecule has 0 radical (unpaired) electrons. The minimum Gasteiger partial charge on any atom is -0.445 e. The third-order valence-electron chi connectivity index (χ3n) is 5.24. The molecule has 0 aliphatic carbocycles. The third kappa shape index (κ3) is 25.5. The quantitative estimate of drug-likeness (QED) is 0.0833. The fourth-order valence-corrected chi connectivity index (χ4v) is 3.32. The molecule has 0 N–H and O–H groups in total. The average Bonchev–Trinajstić information content (AvgIpc) is 2.89. The van der Waals surface area contributed by atoms with Gasteiger partial charge in [-0.25, -0.2) is 0 Å². The van der Waals surface area contributed by atoms with Crippen LogP contribution >= 0.6 is 0 Å². The molecule has 0 bridgehead atoms. The molecule has 2 atom stereocenters. The van der Waals surface area contributed by atoms with Crippen LogP contribution in [0.1, 0.15) is 104 Å². The van der Waals surface area contributed by atoms with Gasteiger partial charge in [-0.3, -0.25) is 9.59 Å². The molecule has 0 aromatic rings. The van der Waals surface area contributed by atoms with E-state index in [0.29, 0.717) is 0 Å². The van der Waals surface area contributed by atoms with Crippen LogP contribution in [0.2, 0.25) is 0 Å². The molecule has 0 aromatic heterocycles. The van der Waals surface area contributed by atoms with Gasteiger partial charge < -0.3 is 9.47 Å². The van der Waals surface area contributed by atoms with Gasteiger partial charge in [0.25, 0.3) is 0 Å². The number of allylic oxidation sites excluding steroid dienone is 4. The largest absolute Gasteiger partial charge is 0.445 e. The molecule has 0 fully saturated rings. The van der Waals surface area contributed by atoms with E-state index in [4.69, 9.17) is 22.3 Å². The van der Waals surface area contributed by atoms with Gasteiger partial charge in [0.2, 0.25) is 0 Å². The Hall–Kier alpha value is -3.60. The number of esters is 2. The molecule has 0 aliphatic heterocycles. The second-order valence-electron chi connectivity index (χ2n) is 8.74. The molecule has 0 heterocycles. The van der Waals surface area contributed by atoms with Gasteiger partial charge in [0, 0.05) is 39.5 Å². The van der Waals surface area contributed by atoms with E-state index in [1.165, 1.54) is 13.8 Å². The van der Waals surface area contributed by atoms with E-state index in [-0.39, 0.29) is 11.9 Å². The predicted octanol–water partition coefficient (Wildman–Crippen LogP) is 7.25. The van der Waals surface area contributed by atoms with Gasteiger partial charge in [-0.1, -0.05) is 73.7 Å². The van der Waals surface area contributed by atoms with Crippen molar-refractivity contribution in [2.75, 3.05) is 0 Å². The molecule has 204 valence electrons. The van der Waals surface area contributed by atoms with Crippen LogP contribution in [0.4, 0.5) is 0 Å². The summed E-state index contributed by atoms with van der Waals surface area (Å²) < 4.78 is 9.92. The van der Waals surface area contributed by atoms with Crippen LogP contribution in [0.25, 0.3) is 0 Å². The number of carbonyl (C=O) groups is 2. The van der Waals surface area contributed by atoms with Crippen molar-refractivity contribution >= 4 is 11.9 Å². The second kappa shape index (κ2) is 26.5. The normalized spacial score (nSPS) is 12.1. The van der Waals surface area contributed by atoms with Crippen LogP contribution in [0, 0.1) is 48.4 Å². The lowest BCUT2D eigenvalue weighted by Crippen LogP contribution is -2.10.